The second kappa shape index (κ2) is 8.64. The third kappa shape index (κ3) is 3.95. The summed E-state index contributed by atoms with van der Waals surface area (Å²) in [5.74, 6) is 0.594. The Labute approximate surface area is 168 Å². The maximum absolute atomic E-state index is 13.3. The predicted octanol–water partition coefficient (Wildman–Crippen LogP) is 4.71. The number of nitrogens with zero attached hydrogens (tertiary/aromatic N) is 3. The largest absolute Gasteiger partial charge is 0.385 e. The standard InChI is InChI=1S/C23H33N3O2/c1-17(26(19-13-14-19)23(27)18-9-3-4-10-18)22-20-11-5-6-12-21(20)25(24-22)15-7-8-16-28-2/h5-6,11-12,17-19H,3-4,7-10,13-16H2,1-2H3/t17-/m0/s1. The molecule has 28 heavy (non-hydrogen) atoms. The van der Waals surface area contributed by atoms with Crippen LogP contribution in [0.3, 0.4) is 0 Å². The summed E-state index contributed by atoms with van der Waals surface area (Å²) in [5, 5.41) is 6.20. The number of aryl methyl sites for hydroxylation is 1. The van der Waals surface area contributed by atoms with E-state index in [1.54, 1.807) is 7.11 Å². The van der Waals surface area contributed by atoms with E-state index >= 15 is 0 Å². The Balaban J connectivity index is 1.60. The summed E-state index contributed by atoms with van der Waals surface area (Å²) in [6.45, 7) is 3.85. The van der Waals surface area contributed by atoms with Crippen LogP contribution in [0.5, 0.6) is 0 Å². The van der Waals surface area contributed by atoms with Crippen molar-refractivity contribution in [1.29, 1.82) is 0 Å². The SMILES string of the molecule is COCCCCn1nc([C@H](C)N(C(=O)C2CCCC2)C2CC2)c2ccccc21. The first-order valence-electron chi connectivity index (χ1n) is 11.0. The Hall–Kier alpha value is -1.88. The van der Waals surface area contributed by atoms with Gasteiger partial charge in [0.2, 0.25) is 5.91 Å². The molecule has 1 aromatic heterocycles. The number of amides is 1. The zero-order valence-corrected chi connectivity index (χ0v) is 17.3. The van der Waals surface area contributed by atoms with Crippen LogP contribution >= 0.6 is 0 Å². The molecule has 1 aromatic carbocycles. The van der Waals surface area contributed by atoms with E-state index in [1.165, 1.54) is 23.7 Å². The summed E-state index contributed by atoms with van der Waals surface area (Å²) in [6, 6.07) is 8.90. The summed E-state index contributed by atoms with van der Waals surface area (Å²) in [4.78, 5) is 15.5. The number of aromatic nitrogens is 2. The summed E-state index contributed by atoms with van der Waals surface area (Å²) < 4.78 is 7.30. The lowest BCUT2D eigenvalue weighted by Gasteiger charge is -2.31. The molecule has 5 nitrogen and oxygen atoms in total. The van der Waals surface area contributed by atoms with Gasteiger partial charge in [0.15, 0.2) is 0 Å². The smallest absolute Gasteiger partial charge is 0.226 e. The molecule has 1 amide bonds. The molecule has 0 aliphatic heterocycles. The number of carbonyl (C=O) groups is 1. The van der Waals surface area contributed by atoms with Crippen LogP contribution in [0.25, 0.3) is 10.9 Å². The van der Waals surface area contributed by atoms with Crippen LogP contribution in [0.2, 0.25) is 0 Å². The molecule has 0 unspecified atom stereocenters. The highest BCUT2D eigenvalue weighted by molar-refractivity contribution is 5.84. The Bertz CT molecular complexity index is 805. The number of methoxy groups -OCH3 is 1. The monoisotopic (exact) mass is 383 g/mol. The first kappa shape index (κ1) is 19.4. The van der Waals surface area contributed by atoms with Crippen LogP contribution in [0.4, 0.5) is 0 Å². The van der Waals surface area contributed by atoms with Gasteiger partial charge in [0.1, 0.15) is 0 Å². The molecule has 0 N–H and O–H groups in total. The highest BCUT2D eigenvalue weighted by Crippen LogP contribution is 2.39. The molecule has 0 radical (unpaired) electrons. The Morgan fingerprint density at radius 2 is 1.96 bits per heavy atom. The molecule has 2 saturated carbocycles. The molecular formula is C23H33N3O2. The highest BCUT2D eigenvalue weighted by atomic mass is 16.5. The molecule has 152 valence electrons. The summed E-state index contributed by atoms with van der Waals surface area (Å²) >= 11 is 0. The summed E-state index contributed by atoms with van der Waals surface area (Å²) in [6.07, 6.45) is 8.86. The van der Waals surface area contributed by atoms with Crippen molar-refractivity contribution in [3.8, 4) is 0 Å². The van der Waals surface area contributed by atoms with E-state index in [9.17, 15) is 4.79 Å². The maximum Gasteiger partial charge on any atom is 0.226 e. The van der Waals surface area contributed by atoms with E-state index in [2.05, 4.69) is 40.8 Å². The van der Waals surface area contributed by atoms with Crippen molar-refractivity contribution in [1.82, 2.24) is 14.7 Å². The van der Waals surface area contributed by atoms with Gasteiger partial charge in [-0.3, -0.25) is 9.48 Å². The zero-order chi connectivity index (χ0) is 19.5. The van der Waals surface area contributed by atoms with Crippen molar-refractivity contribution < 1.29 is 9.53 Å². The third-order valence-corrected chi connectivity index (χ3v) is 6.37. The molecule has 1 atom stereocenters. The molecule has 4 rings (SSSR count). The number of para-hydroxylation sites is 1. The maximum atomic E-state index is 13.3. The van der Waals surface area contributed by atoms with E-state index in [1.807, 2.05) is 0 Å². The first-order valence-corrected chi connectivity index (χ1v) is 11.0. The molecule has 2 aliphatic rings. The number of ether oxygens (including phenoxy) is 1. The molecule has 0 bridgehead atoms. The first-order chi connectivity index (χ1) is 13.7. The number of carbonyl (C=O) groups excluding carboxylic acids is 1. The van der Waals surface area contributed by atoms with Crippen molar-refractivity contribution in [2.75, 3.05) is 13.7 Å². The van der Waals surface area contributed by atoms with Crippen molar-refractivity contribution in [2.45, 2.75) is 76.9 Å². The number of hydrogen-bond donors (Lipinski definition) is 0. The van der Waals surface area contributed by atoms with Crippen LogP contribution in [-0.2, 0) is 16.1 Å². The fraction of sp³-hybridized carbons (Fsp3) is 0.652. The lowest BCUT2D eigenvalue weighted by atomic mass is 10.0. The molecule has 5 heteroatoms. The third-order valence-electron chi connectivity index (χ3n) is 6.37. The molecule has 2 aromatic rings. The zero-order valence-electron chi connectivity index (χ0n) is 17.3. The van der Waals surface area contributed by atoms with E-state index in [0.717, 1.165) is 57.4 Å². The molecule has 1 heterocycles. The number of unbranched alkanes of at least 4 members (excludes halogenated alkanes) is 1. The Morgan fingerprint density at radius 3 is 2.68 bits per heavy atom. The van der Waals surface area contributed by atoms with Crippen LogP contribution in [0.15, 0.2) is 24.3 Å². The molecule has 2 aliphatic carbocycles. The molecule has 2 fully saturated rings. The second-order valence-electron chi connectivity index (χ2n) is 8.46. The van der Waals surface area contributed by atoms with E-state index in [4.69, 9.17) is 9.84 Å². The second-order valence-corrected chi connectivity index (χ2v) is 8.46. The highest BCUT2D eigenvalue weighted by Gasteiger charge is 2.40. The quantitative estimate of drug-likeness (QED) is 0.590. The average molecular weight is 384 g/mol. The minimum absolute atomic E-state index is 0.0331. The van der Waals surface area contributed by atoms with Gasteiger partial charge < -0.3 is 9.64 Å². The number of rotatable bonds is 9. The van der Waals surface area contributed by atoms with Crippen LogP contribution in [0.1, 0.15) is 70.0 Å². The summed E-state index contributed by atoms with van der Waals surface area (Å²) in [5.41, 5.74) is 2.23. The van der Waals surface area contributed by atoms with E-state index < -0.39 is 0 Å². The van der Waals surface area contributed by atoms with E-state index in [-0.39, 0.29) is 12.0 Å². The van der Waals surface area contributed by atoms with Crippen LogP contribution < -0.4 is 0 Å². The number of hydrogen-bond acceptors (Lipinski definition) is 3. The molecular weight excluding hydrogens is 350 g/mol. The minimum atomic E-state index is 0.0331. The predicted molar refractivity (Wildman–Crippen MR) is 111 cm³/mol. The topological polar surface area (TPSA) is 47.4 Å². The van der Waals surface area contributed by atoms with Gasteiger partial charge in [-0.15, -0.1) is 0 Å². The minimum Gasteiger partial charge on any atom is -0.385 e. The van der Waals surface area contributed by atoms with Gasteiger partial charge in [-0.05, 0) is 51.5 Å². The van der Waals surface area contributed by atoms with Gasteiger partial charge >= 0.3 is 0 Å². The van der Waals surface area contributed by atoms with Crippen molar-refractivity contribution in [2.24, 2.45) is 5.92 Å². The van der Waals surface area contributed by atoms with Crippen molar-refractivity contribution in [3.05, 3.63) is 30.0 Å². The molecule has 0 saturated heterocycles. The normalized spacial score (nSPS) is 18.6. The fourth-order valence-corrected chi connectivity index (χ4v) is 4.70. The van der Waals surface area contributed by atoms with E-state index in [0.29, 0.717) is 11.9 Å². The Morgan fingerprint density at radius 1 is 1.21 bits per heavy atom. The summed E-state index contributed by atoms with van der Waals surface area (Å²) in [7, 11) is 1.75. The average Bonchev–Trinajstić information content (AvgIpc) is 3.26. The van der Waals surface area contributed by atoms with Gasteiger partial charge in [0, 0.05) is 37.6 Å². The van der Waals surface area contributed by atoms with Gasteiger partial charge in [-0.25, -0.2) is 0 Å². The van der Waals surface area contributed by atoms with Gasteiger partial charge in [0.25, 0.3) is 0 Å². The number of benzene rings is 1. The lowest BCUT2D eigenvalue weighted by molar-refractivity contribution is -0.138. The van der Waals surface area contributed by atoms with Crippen LogP contribution in [0, 0.1) is 5.92 Å². The van der Waals surface area contributed by atoms with Gasteiger partial charge in [-0.2, -0.15) is 5.10 Å². The van der Waals surface area contributed by atoms with Crippen molar-refractivity contribution >= 4 is 16.8 Å². The van der Waals surface area contributed by atoms with Crippen LogP contribution in [-0.4, -0.2) is 40.3 Å². The van der Waals surface area contributed by atoms with Gasteiger partial charge in [-0.1, -0.05) is 31.0 Å². The Kier molecular flexibility index (Phi) is 6.00. The van der Waals surface area contributed by atoms with Gasteiger partial charge in [0.05, 0.1) is 17.3 Å². The molecule has 0 spiro atoms. The fourth-order valence-electron chi connectivity index (χ4n) is 4.70. The van der Waals surface area contributed by atoms with Crippen molar-refractivity contribution in [3.63, 3.8) is 0 Å². The number of fused-ring (bicyclic) bond motifs is 1. The lowest BCUT2D eigenvalue weighted by Crippen LogP contribution is -2.39.